The van der Waals surface area contributed by atoms with E-state index in [1.54, 1.807) is 6.07 Å². The summed E-state index contributed by atoms with van der Waals surface area (Å²) in [4.78, 5) is 17.7. The number of benzene rings is 1. The minimum atomic E-state index is -0.0761. The van der Waals surface area contributed by atoms with E-state index in [0.717, 1.165) is 18.5 Å². The van der Waals surface area contributed by atoms with Crippen molar-refractivity contribution in [2.75, 3.05) is 19.0 Å². The predicted octanol–water partition coefficient (Wildman–Crippen LogP) is 3.30. The maximum absolute atomic E-state index is 13.1. The minimum Gasteiger partial charge on any atom is -0.486 e. The molecule has 0 spiro atoms. The van der Waals surface area contributed by atoms with E-state index < -0.39 is 0 Å². The Morgan fingerprint density at radius 3 is 2.50 bits per heavy atom. The molecule has 4 atom stereocenters. The number of nitrogens with one attached hydrogen (secondary N) is 1. The van der Waals surface area contributed by atoms with Crippen LogP contribution in [0.2, 0.25) is 5.02 Å². The van der Waals surface area contributed by atoms with Crippen molar-refractivity contribution in [1.29, 1.82) is 0 Å². The van der Waals surface area contributed by atoms with Gasteiger partial charge in [0.25, 0.3) is 5.91 Å². The van der Waals surface area contributed by atoms with Crippen LogP contribution in [0, 0.1) is 0 Å². The zero-order valence-electron chi connectivity index (χ0n) is 16.0. The normalized spacial score (nSPS) is 33.6. The first kappa shape index (κ1) is 17.9. The zero-order chi connectivity index (χ0) is 18.6. The number of anilines is 1. The smallest absolute Gasteiger partial charge is 0.255 e. The highest BCUT2D eigenvalue weighted by Gasteiger charge is 2.39. The number of piperidine rings is 1. The number of ether oxygens (including phenoxy) is 1. The maximum Gasteiger partial charge on any atom is 0.255 e. The van der Waals surface area contributed by atoms with Crippen LogP contribution in [0.5, 0.6) is 5.75 Å². The maximum atomic E-state index is 13.1. The average Bonchev–Trinajstić information content (AvgIpc) is 2.81. The summed E-state index contributed by atoms with van der Waals surface area (Å²) < 4.78 is 6.11. The molecule has 3 aliphatic rings. The molecule has 6 heteroatoms. The number of carbonyl (C=O) groups excluding carboxylic acids is 1. The van der Waals surface area contributed by atoms with Crippen molar-refractivity contribution in [3.8, 4) is 5.75 Å². The van der Waals surface area contributed by atoms with Crippen molar-refractivity contribution in [3.05, 3.63) is 22.7 Å². The molecule has 26 heavy (non-hydrogen) atoms. The van der Waals surface area contributed by atoms with Gasteiger partial charge in [-0.3, -0.25) is 4.79 Å². The number of likely N-dealkylation sites (N-methyl/N-ethyl adjacent to an activating group) is 1. The van der Waals surface area contributed by atoms with E-state index in [2.05, 4.69) is 29.1 Å². The van der Waals surface area contributed by atoms with Gasteiger partial charge in [-0.2, -0.15) is 0 Å². The molecule has 2 fully saturated rings. The molecule has 5 nitrogen and oxygen atoms in total. The van der Waals surface area contributed by atoms with E-state index in [9.17, 15) is 4.79 Å². The Labute approximate surface area is 160 Å². The second kappa shape index (κ2) is 6.61. The monoisotopic (exact) mass is 377 g/mol. The first-order valence-corrected chi connectivity index (χ1v) is 9.98. The summed E-state index contributed by atoms with van der Waals surface area (Å²) >= 11 is 6.32. The third kappa shape index (κ3) is 2.95. The van der Waals surface area contributed by atoms with Gasteiger partial charge in [0.15, 0.2) is 5.75 Å². The minimum absolute atomic E-state index is 0.0133. The molecule has 3 heterocycles. The molecule has 0 aromatic heterocycles. The number of hydrogen-bond donors (Lipinski definition) is 1. The Balaban J connectivity index is 1.58. The Morgan fingerprint density at radius 1 is 1.19 bits per heavy atom. The number of amides is 1. The zero-order valence-corrected chi connectivity index (χ0v) is 16.7. The molecule has 4 rings (SSSR count). The van der Waals surface area contributed by atoms with Crippen molar-refractivity contribution >= 4 is 23.2 Å². The van der Waals surface area contributed by atoms with Gasteiger partial charge >= 0.3 is 0 Å². The lowest BCUT2D eigenvalue weighted by molar-refractivity contribution is 0.0873. The van der Waals surface area contributed by atoms with Crippen LogP contribution in [-0.2, 0) is 0 Å². The van der Waals surface area contributed by atoms with E-state index in [1.165, 1.54) is 12.8 Å². The molecular weight excluding hydrogens is 350 g/mol. The number of halogens is 1. The summed E-state index contributed by atoms with van der Waals surface area (Å²) in [7, 11) is 4.23. The largest absolute Gasteiger partial charge is 0.486 e. The number of hydrogen-bond acceptors (Lipinski definition) is 4. The van der Waals surface area contributed by atoms with Gasteiger partial charge in [-0.05, 0) is 58.7 Å². The van der Waals surface area contributed by atoms with E-state index in [1.807, 2.05) is 20.0 Å². The van der Waals surface area contributed by atoms with Crippen LogP contribution >= 0.6 is 11.6 Å². The van der Waals surface area contributed by atoms with Crippen LogP contribution in [0.25, 0.3) is 0 Å². The molecule has 0 radical (unpaired) electrons. The molecule has 0 aliphatic carbocycles. The Hall–Kier alpha value is -1.46. The summed E-state index contributed by atoms with van der Waals surface area (Å²) in [5.74, 6) is 0.573. The van der Waals surface area contributed by atoms with E-state index in [-0.39, 0.29) is 24.1 Å². The summed E-state index contributed by atoms with van der Waals surface area (Å²) in [6, 6.07) is 5.25. The second-order valence-electron chi connectivity index (χ2n) is 8.17. The molecule has 2 saturated heterocycles. The van der Waals surface area contributed by atoms with Gasteiger partial charge in [0.05, 0.1) is 17.3 Å². The van der Waals surface area contributed by atoms with Crippen molar-refractivity contribution in [3.63, 3.8) is 0 Å². The fraction of sp³-hybridized carbons (Fsp3) is 0.650. The third-order valence-electron chi connectivity index (χ3n) is 6.69. The molecule has 142 valence electrons. The average molecular weight is 378 g/mol. The predicted molar refractivity (Wildman–Crippen MR) is 104 cm³/mol. The van der Waals surface area contributed by atoms with Gasteiger partial charge in [0, 0.05) is 30.2 Å². The van der Waals surface area contributed by atoms with Crippen molar-refractivity contribution in [2.45, 2.75) is 69.8 Å². The number of nitrogens with zero attached hydrogens (tertiary/aromatic N) is 2. The lowest BCUT2D eigenvalue weighted by Crippen LogP contribution is -2.49. The van der Waals surface area contributed by atoms with E-state index >= 15 is 0 Å². The topological polar surface area (TPSA) is 44.8 Å². The molecule has 1 aromatic rings. The SMILES string of the molecule is CC1Oc2c(C(=O)NC3CC4CCC(C3)N4C)cc(Cl)cc2N(C)C1C. The Kier molecular flexibility index (Phi) is 4.56. The standard InChI is InChI=1S/C20H28ClN3O2/c1-11-12(2)26-19-17(7-13(21)8-18(19)23(11)3)20(25)22-14-9-15-5-6-16(10-14)24(15)4/h7-8,11-12,14-16H,5-6,9-10H2,1-4H3,(H,22,25). The summed E-state index contributed by atoms with van der Waals surface area (Å²) in [5.41, 5.74) is 1.43. The van der Waals surface area contributed by atoms with Gasteiger partial charge in [-0.15, -0.1) is 0 Å². The Morgan fingerprint density at radius 2 is 1.85 bits per heavy atom. The molecule has 3 aliphatic heterocycles. The molecule has 1 amide bonds. The molecule has 2 bridgehead atoms. The number of carbonyl (C=O) groups is 1. The molecule has 0 saturated carbocycles. The van der Waals surface area contributed by atoms with Gasteiger partial charge in [-0.1, -0.05) is 11.6 Å². The first-order valence-electron chi connectivity index (χ1n) is 9.61. The lowest BCUT2D eigenvalue weighted by atomic mass is 9.97. The second-order valence-corrected chi connectivity index (χ2v) is 8.60. The van der Waals surface area contributed by atoms with Crippen LogP contribution in [0.15, 0.2) is 12.1 Å². The highest BCUT2D eigenvalue weighted by molar-refractivity contribution is 6.31. The highest BCUT2D eigenvalue weighted by atomic mass is 35.5. The van der Waals surface area contributed by atoms with E-state index in [0.29, 0.717) is 28.4 Å². The summed E-state index contributed by atoms with van der Waals surface area (Å²) in [6.07, 6.45) is 4.54. The van der Waals surface area contributed by atoms with Crippen molar-refractivity contribution in [2.24, 2.45) is 0 Å². The molecule has 1 N–H and O–H groups in total. The quantitative estimate of drug-likeness (QED) is 0.858. The highest BCUT2D eigenvalue weighted by Crippen LogP contribution is 2.41. The number of fused-ring (bicyclic) bond motifs is 3. The van der Waals surface area contributed by atoms with Crippen molar-refractivity contribution < 1.29 is 9.53 Å². The third-order valence-corrected chi connectivity index (χ3v) is 6.90. The lowest BCUT2D eigenvalue weighted by Gasteiger charge is -2.39. The van der Waals surface area contributed by atoms with Crippen LogP contribution in [0.4, 0.5) is 5.69 Å². The fourth-order valence-corrected chi connectivity index (χ4v) is 4.96. The Bertz CT molecular complexity index is 711. The van der Waals surface area contributed by atoms with Crippen LogP contribution in [0.3, 0.4) is 0 Å². The molecule has 4 unspecified atom stereocenters. The number of rotatable bonds is 2. The van der Waals surface area contributed by atoms with Crippen LogP contribution in [-0.4, -0.2) is 55.2 Å². The summed E-state index contributed by atoms with van der Waals surface area (Å²) in [6.45, 7) is 4.15. The van der Waals surface area contributed by atoms with Gasteiger partial charge in [-0.25, -0.2) is 0 Å². The van der Waals surface area contributed by atoms with Gasteiger partial charge < -0.3 is 19.9 Å². The summed E-state index contributed by atoms with van der Waals surface area (Å²) in [5, 5.41) is 3.82. The van der Waals surface area contributed by atoms with Crippen LogP contribution < -0.4 is 15.0 Å². The van der Waals surface area contributed by atoms with Crippen molar-refractivity contribution in [1.82, 2.24) is 10.2 Å². The van der Waals surface area contributed by atoms with Crippen LogP contribution in [0.1, 0.15) is 49.9 Å². The van der Waals surface area contributed by atoms with E-state index in [4.69, 9.17) is 16.3 Å². The fourth-order valence-electron chi connectivity index (χ4n) is 4.74. The molecule has 1 aromatic carbocycles. The first-order chi connectivity index (χ1) is 12.3. The molecular formula is C20H28ClN3O2. The van der Waals surface area contributed by atoms with Gasteiger partial charge in [0.2, 0.25) is 0 Å². The van der Waals surface area contributed by atoms with Gasteiger partial charge in [0.1, 0.15) is 6.10 Å².